The van der Waals surface area contributed by atoms with Crippen molar-refractivity contribution in [2.75, 3.05) is 19.9 Å². The fourth-order valence-electron chi connectivity index (χ4n) is 4.66. The Morgan fingerprint density at radius 1 is 1.29 bits per heavy atom. The average molecular weight is 332 g/mol. The molecule has 0 aromatic heterocycles. The molecule has 1 aromatic rings. The second kappa shape index (κ2) is 5.93. The molecule has 2 heterocycles. The fraction of sp³-hybridized carbons (Fsp3) is 0.611. The zero-order valence-corrected chi connectivity index (χ0v) is 13.7. The number of nitrogens with two attached hydrogens (primary N) is 1. The molecule has 0 spiro atoms. The summed E-state index contributed by atoms with van der Waals surface area (Å²) in [5, 5.41) is 11.2. The number of hydrogen-bond acceptors (Lipinski definition) is 5. The van der Waals surface area contributed by atoms with Gasteiger partial charge < -0.3 is 20.3 Å². The van der Waals surface area contributed by atoms with Crippen LogP contribution in [0, 0.1) is 5.92 Å². The van der Waals surface area contributed by atoms with E-state index in [1.165, 1.54) is 0 Å². The van der Waals surface area contributed by atoms with Crippen LogP contribution in [0.15, 0.2) is 18.2 Å². The van der Waals surface area contributed by atoms with Crippen molar-refractivity contribution in [3.05, 3.63) is 23.8 Å². The average Bonchev–Trinajstić information content (AvgIpc) is 3.02. The SMILES string of the molecule is NC(=O)CN1CCC2(O)CCCCC2[C@@H]1c1ccc2c(c1)OCO2. The van der Waals surface area contributed by atoms with E-state index in [2.05, 4.69) is 4.90 Å². The number of piperidine rings is 1. The van der Waals surface area contributed by atoms with E-state index in [4.69, 9.17) is 15.2 Å². The molecule has 2 aliphatic heterocycles. The molecule has 6 nitrogen and oxygen atoms in total. The molecule has 1 aliphatic carbocycles. The van der Waals surface area contributed by atoms with Gasteiger partial charge in [-0.2, -0.15) is 0 Å². The summed E-state index contributed by atoms with van der Waals surface area (Å²) < 4.78 is 10.9. The molecular formula is C18H24N2O4. The zero-order chi connectivity index (χ0) is 16.7. The molecule has 1 saturated carbocycles. The lowest BCUT2D eigenvalue weighted by molar-refractivity contribution is -0.136. The minimum absolute atomic E-state index is 0.0222. The molecule has 4 rings (SSSR count). The van der Waals surface area contributed by atoms with Crippen molar-refractivity contribution in [1.29, 1.82) is 0 Å². The van der Waals surface area contributed by atoms with Crippen LogP contribution in [0.25, 0.3) is 0 Å². The van der Waals surface area contributed by atoms with Gasteiger partial charge >= 0.3 is 0 Å². The maximum Gasteiger partial charge on any atom is 0.231 e. The molecule has 1 aromatic carbocycles. The smallest absolute Gasteiger partial charge is 0.231 e. The molecule has 1 amide bonds. The highest BCUT2D eigenvalue weighted by Gasteiger charge is 2.49. The normalized spacial score (nSPS) is 32.4. The lowest BCUT2D eigenvalue weighted by Crippen LogP contribution is -2.56. The molecule has 0 bridgehead atoms. The van der Waals surface area contributed by atoms with E-state index in [1.54, 1.807) is 0 Å². The largest absolute Gasteiger partial charge is 0.454 e. The van der Waals surface area contributed by atoms with Crippen molar-refractivity contribution >= 4 is 5.91 Å². The summed E-state index contributed by atoms with van der Waals surface area (Å²) in [6, 6.07) is 5.90. The van der Waals surface area contributed by atoms with Gasteiger partial charge in [-0.05, 0) is 37.0 Å². The molecule has 3 N–H and O–H groups in total. The van der Waals surface area contributed by atoms with Gasteiger partial charge in [-0.15, -0.1) is 0 Å². The van der Waals surface area contributed by atoms with Gasteiger partial charge in [0.05, 0.1) is 12.1 Å². The van der Waals surface area contributed by atoms with Crippen molar-refractivity contribution in [1.82, 2.24) is 4.90 Å². The summed E-state index contributed by atoms with van der Waals surface area (Å²) in [5.41, 5.74) is 5.88. The minimum atomic E-state index is -0.645. The molecule has 3 aliphatic rings. The molecule has 130 valence electrons. The number of aliphatic hydroxyl groups is 1. The Balaban J connectivity index is 1.72. The van der Waals surface area contributed by atoms with Crippen molar-refractivity contribution in [3.8, 4) is 11.5 Å². The van der Waals surface area contributed by atoms with Gasteiger partial charge in [0.2, 0.25) is 12.7 Å². The van der Waals surface area contributed by atoms with E-state index in [0.717, 1.165) is 42.7 Å². The topological polar surface area (TPSA) is 85.0 Å². The Kier molecular flexibility index (Phi) is 3.89. The fourth-order valence-corrected chi connectivity index (χ4v) is 4.66. The number of likely N-dealkylation sites (tertiary alicyclic amines) is 1. The molecule has 24 heavy (non-hydrogen) atoms. The molecule has 0 radical (unpaired) electrons. The first-order chi connectivity index (χ1) is 11.6. The maximum absolute atomic E-state index is 11.5. The Labute approximate surface area is 141 Å². The summed E-state index contributed by atoms with van der Waals surface area (Å²) in [6.07, 6.45) is 4.68. The third-order valence-corrected chi connectivity index (χ3v) is 5.77. The van der Waals surface area contributed by atoms with Crippen molar-refractivity contribution < 1.29 is 19.4 Å². The van der Waals surface area contributed by atoms with Crippen LogP contribution in [0.4, 0.5) is 0 Å². The van der Waals surface area contributed by atoms with E-state index in [-0.39, 0.29) is 31.2 Å². The summed E-state index contributed by atoms with van der Waals surface area (Å²) in [7, 11) is 0. The Morgan fingerprint density at radius 2 is 2.12 bits per heavy atom. The highest BCUT2D eigenvalue weighted by atomic mass is 16.7. The highest BCUT2D eigenvalue weighted by Crippen LogP contribution is 2.50. The lowest BCUT2D eigenvalue weighted by atomic mass is 9.66. The lowest BCUT2D eigenvalue weighted by Gasteiger charge is -2.52. The van der Waals surface area contributed by atoms with Crippen molar-refractivity contribution in [2.45, 2.75) is 43.7 Å². The first-order valence-corrected chi connectivity index (χ1v) is 8.71. The highest BCUT2D eigenvalue weighted by molar-refractivity contribution is 5.76. The molecule has 2 unspecified atom stereocenters. The van der Waals surface area contributed by atoms with E-state index in [1.807, 2.05) is 18.2 Å². The van der Waals surface area contributed by atoms with E-state index in [9.17, 15) is 9.90 Å². The first-order valence-electron chi connectivity index (χ1n) is 8.71. The quantitative estimate of drug-likeness (QED) is 0.877. The van der Waals surface area contributed by atoms with E-state index < -0.39 is 5.60 Å². The molecule has 6 heteroatoms. The second-order valence-corrected chi connectivity index (χ2v) is 7.20. The van der Waals surface area contributed by atoms with Gasteiger partial charge in [-0.3, -0.25) is 9.69 Å². The van der Waals surface area contributed by atoms with Crippen molar-refractivity contribution in [3.63, 3.8) is 0 Å². The number of nitrogens with zero attached hydrogens (tertiary/aromatic N) is 1. The Bertz CT molecular complexity index is 650. The maximum atomic E-state index is 11.5. The van der Waals surface area contributed by atoms with Crippen LogP contribution in [0.2, 0.25) is 0 Å². The Morgan fingerprint density at radius 3 is 2.96 bits per heavy atom. The van der Waals surface area contributed by atoms with Crippen LogP contribution in [-0.2, 0) is 4.79 Å². The van der Waals surface area contributed by atoms with Gasteiger partial charge in [0.25, 0.3) is 0 Å². The van der Waals surface area contributed by atoms with Crippen LogP contribution < -0.4 is 15.2 Å². The van der Waals surface area contributed by atoms with Gasteiger partial charge in [0, 0.05) is 18.5 Å². The van der Waals surface area contributed by atoms with Crippen LogP contribution in [0.1, 0.15) is 43.7 Å². The van der Waals surface area contributed by atoms with Crippen LogP contribution in [0.3, 0.4) is 0 Å². The van der Waals surface area contributed by atoms with E-state index >= 15 is 0 Å². The number of hydrogen-bond donors (Lipinski definition) is 2. The zero-order valence-electron chi connectivity index (χ0n) is 13.7. The van der Waals surface area contributed by atoms with Crippen LogP contribution in [-0.4, -0.2) is 41.4 Å². The number of primary amides is 1. The van der Waals surface area contributed by atoms with Gasteiger partial charge in [0.1, 0.15) is 0 Å². The van der Waals surface area contributed by atoms with Gasteiger partial charge in [0.15, 0.2) is 11.5 Å². The second-order valence-electron chi connectivity index (χ2n) is 7.20. The predicted molar refractivity (Wildman–Crippen MR) is 87.6 cm³/mol. The van der Waals surface area contributed by atoms with Crippen LogP contribution >= 0.6 is 0 Å². The number of ether oxygens (including phenoxy) is 2. The molecule has 3 atom stereocenters. The summed E-state index contributed by atoms with van der Waals surface area (Å²) >= 11 is 0. The number of benzene rings is 1. The third kappa shape index (κ3) is 2.63. The number of carbonyl (C=O) groups excluding carboxylic acids is 1. The summed E-state index contributed by atoms with van der Waals surface area (Å²) in [5.74, 6) is 1.26. The monoisotopic (exact) mass is 332 g/mol. The molecule has 2 fully saturated rings. The van der Waals surface area contributed by atoms with Crippen molar-refractivity contribution in [2.24, 2.45) is 11.7 Å². The van der Waals surface area contributed by atoms with E-state index in [0.29, 0.717) is 13.0 Å². The van der Waals surface area contributed by atoms with Crippen LogP contribution in [0.5, 0.6) is 11.5 Å². The summed E-state index contributed by atoms with van der Waals surface area (Å²) in [4.78, 5) is 13.7. The number of amides is 1. The third-order valence-electron chi connectivity index (χ3n) is 5.77. The minimum Gasteiger partial charge on any atom is -0.454 e. The Hall–Kier alpha value is -1.79. The number of rotatable bonds is 3. The first kappa shape index (κ1) is 15.7. The van der Waals surface area contributed by atoms with Gasteiger partial charge in [-0.25, -0.2) is 0 Å². The standard InChI is InChI=1S/C18H24N2O4/c19-16(21)10-20-8-7-18(22)6-2-1-3-13(18)17(20)12-4-5-14-15(9-12)24-11-23-14/h4-5,9,13,17,22H,1-3,6-8,10-11H2,(H2,19,21)/t13?,17-,18?/m0/s1. The van der Waals surface area contributed by atoms with Gasteiger partial charge in [-0.1, -0.05) is 18.9 Å². The molecule has 1 saturated heterocycles. The summed E-state index contributed by atoms with van der Waals surface area (Å²) in [6.45, 7) is 1.13. The number of carbonyl (C=O) groups is 1. The number of fused-ring (bicyclic) bond motifs is 2. The predicted octanol–water partition coefficient (Wildman–Crippen LogP) is 1.57. The molecular weight excluding hydrogens is 308 g/mol.